The topological polar surface area (TPSA) is 38.8 Å². The molecule has 0 fully saturated rings. The summed E-state index contributed by atoms with van der Waals surface area (Å²) in [6, 6.07) is 0. The van der Waals surface area contributed by atoms with Gasteiger partial charge in [0.15, 0.2) is 8.32 Å². The van der Waals surface area contributed by atoms with Crippen molar-refractivity contribution in [3.05, 3.63) is 12.2 Å². The number of nitrogens with zero attached hydrogens (tertiary/aromatic N) is 1. The Kier molecular flexibility index (Phi) is 7.55. The predicted molar refractivity (Wildman–Crippen MR) is 81.8 cm³/mol. The third-order valence-electron chi connectivity index (χ3n) is 3.61. The summed E-state index contributed by atoms with van der Waals surface area (Å²) in [5.74, 6) is -0.314. The van der Waals surface area contributed by atoms with Gasteiger partial charge in [-0.3, -0.25) is 0 Å². The van der Waals surface area contributed by atoms with E-state index in [1.165, 1.54) is 13.2 Å². The van der Waals surface area contributed by atoms with Gasteiger partial charge in [0.05, 0.1) is 7.11 Å². The van der Waals surface area contributed by atoms with Crippen molar-refractivity contribution in [3.8, 4) is 0 Å². The van der Waals surface area contributed by atoms with Gasteiger partial charge in [-0.1, -0.05) is 26.8 Å². The molecule has 0 unspecified atom stereocenters. The number of hydrogen-bond acceptors (Lipinski definition) is 4. The van der Waals surface area contributed by atoms with E-state index >= 15 is 0 Å². The SMILES string of the molecule is COC(=O)/C=C/CN(C)CCO[Si](C)(C)C(C)(C)C. The first-order valence-electron chi connectivity index (χ1n) is 6.67. The van der Waals surface area contributed by atoms with Crippen molar-refractivity contribution in [3.63, 3.8) is 0 Å². The third kappa shape index (κ3) is 7.50. The average Bonchev–Trinajstić information content (AvgIpc) is 2.26. The van der Waals surface area contributed by atoms with Gasteiger partial charge in [-0.25, -0.2) is 4.79 Å². The van der Waals surface area contributed by atoms with Crippen LogP contribution in [-0.4, -0.2) is 53.0 Å². The van der Waals surface area contributed by atoms with Crippen molar-refractivity contribution in [2.24, 2.45) is 0 Å². The molecule has 0 radical (unpaired) electrons. The zero-order valence-corrected chi connectivity index (χ0v) is 14.4. The lowest BCUT2D eigenvalue weighted by atomic mass is 10.2. The van der Waals surface area contributed by atoms with Crippen molar-refractivity contribution in [1.29, 1.82) is 0 Å². The molecule has 0 aromatic rings. The summed E-state index contributed by atoms with van der Waals surface area (Å²) in [7, 11) is 1.74. The number of methoxy groups -OCH3 is 1. The summed E-state index contributed by atoms with van der Waals surface area (Å²) >= 11 is 0. The van der Waals surface area contributed by atoms with Gasteiger partial charge in [0, 0.05) is 25.8 Å². The molecule has 0 spiro atoms. The molecule has 0 amide bonds. The molecule has 5 heteroatoms. The maximum atomic E-state index is 10.9. The average molecular weight is 287 g/mol. The van der Waals surface area contributed by atoms with Crippen LogP contribution in [0.25, 0.3) is 0 Å². The van der Waals surface area contributed by atoms with Gasteiger partial charge in [0.2, 0.25) is 0 Å². The Labute approximate surface area is 118 Å². The highest BCUT2D eigenvalue weighted by molar-refractivity contribution is 6.74. The molecule has 0 aliphatic carbocycles. The van der Waals surface area contributed by atoms with Crippen molar-refractivity contribution in [1.82, 2.24) is 4.90 Å². The van der Waals surface area contributed by atoms with E-state index in [0.29, 0.717) is 0 Å². The molecule has 0 atom stereocenters. The summed E-state index contributed by atoms with van der Waals surface area (Å²) in [6.45, 7) is 13.5. The van der Waals surface area contributed by atoms with Crippen molar-refractivity contribution < 1.29 is 14.0 Å². The lowest BCUT2D eigenvalue weighted by molar-refractivity contribution is -0.134. The van der Waals surface area contributed by atoms with Crippen LogP contribution in [0, 0.1) is 0 Å². The standard InChI is InChI=1S/C14H29NO3Si/c1-14(2,3)19(6,7)18-12-11-15(4)10-8-9-13(16)17-5/h8-9H,10-12H2,1-7H3/b9-8+. The summed E-state index contributed by atoms with van der Waals surface area (Å²) < 4.78 is 10.6. The summed E-state index contributed by atoms with van der Waals surface area (Å²) in [5, 5.41) is 0.246. The fourth-order valence-corrected chi connectivity index (χ4v) is 2.20. The van der Waals surface area contributed by atoms with Gasteiger partial charge in [0.1, 0.15) is 0 Å². The van der Waals surface area contributed by atoms with E-state index in [0.717, 1.165) is 19.7 Å². The second-order valence-corrected chi connectivity index (χ2v) is 11.1. The summed E-state index contributed by atoms with van der Waals surface area (Å²) in [5.41, 5.74) is 0. The number of rotatable bonds is 7. The van der Waals surface area contributed by atoms with Crippen LogP contribution in [0.2, 0.25) is 18.1 Å². The van der Waals surface area contributed by atoms with Crippen molar-refractivity contribution >= 4 is 14.3 Å². The lowest BCUT2D eigenvalue weighted by Crippen LogP contribution is -2.42. The maximum absolute atomic E-state index is 10.9. The second-order valence-electron chi connectivity index (χ2n) is 6.30. The first-order chi connectivity index (χ1) is 8.60. The molecule has 0 bridgehead atoms. The quantitative estimate of drug-likeness (QED) is 0.410. The van der Waals surface area contributed by atoms with Gasteiger partial charge in [-0.2, -0.15) is 0 Å². The molecular weight excluding hydrogens is 258 g/mol. The highest BCUT2D eigenvalue weighted by Gasteiger charge is 2.36. The molecule has 0 aliphatic heterocycles. The van der Waals surface area contributed by atoms with Crippen LogP contribution in [0.1, 0.15) is 20.8 Å². The van der Waals surface area contributed by atoms with Gasteiger partial charge in [-0.05, 0) is 25.2 Å². The van der Waals surface area contributed by atoms with Crippen LogP contribution < -0.4 is 0 Å². The highest BCUT2D eigenvalue weighted by Crippen LogP contribution is 2.36. The number of carbonyl (C=O) groups excluding carboxylic acids is 1. The van der Waals surface area contributed by atoms with Crippen LogP contribution in [-0.2, 0) is 14.0 Å². The summed E-state index contributed by atoms with van der Waals surface area (Å²) in [4.78, 5) is 13.0. The Morgan fingerprint density at radius 1 is 1.32 bits per heavy atom. The van der Waals surface area contributed by atoms with Crippen LogP contribution in [0.3, 0.4) is 0 Å². The summed E-state index contributed by atoms with van der Waals surface area (Å²) in [6.07, 6.45) is 3.25. The minimum absolute atomic E-state index is 0.246. The number of likely N-dealkylation sites (N-methyl/N-ethyl adjacent to an activating group) is 1. The molecule has 0 aliphatic rings. The van der Waals surface area contributed by atoms with Gasteiger partial charge in [0.25, 0.3) is 0 Å². The molecule has 0 heterocycles. The largest absolute Gasteiger partial charge is 0.466 e. The fourth-order valence-electron chi connectivity index (χ4n) is 1.16. The molecule has 0 saturated heterocycles. The molecular formula is C14H29NO3Si. The molecule has 4 nitrogen and oxygen atoms in total. The van der Waals surface area contributed by atoms with E-state index in [1.807, 2.05) is 7.05 Å². The number of hydrogen-bond donors (Lipinski definition) is 0. The van der Waals surface area contributed by atoms with Gasteiger partial charge < -0.3 is 14.1 Å². The minimum atomic E-state index is -1.65. The van der Waals surface area contributed by atoms with Crippen LogP contribution in [0.15, 0.2) is 12.2 Å². The lowest BCUT2D eigenvalue weighted by Gasteiger charge is -2.36. The second kappa shape index (κ2) is 7.82. The Bertz CT molecular complexity index is 308. The normalized spacial score (nSPS) is 13.3. The minimum Gasteiger partial charge on any atom is -0.466 e. The van der Waals surface area contributed by atoms with Crippen LogP contribution in [0.5, 0.6) is 0 Å². The number of carbonyl (C=O) groups is 1. The smallest absolute Gasteiger partial charge is 0.330 e. The van der Waals surface area contributed by atoms with Gasteiger partial charge >= 0.3 is 5.97 Å². The van der Waals surface area contributed by atoms with E-state index in [-0.39, 0.29) is 11.0 Å². The van der Waals surface area contributed by atoms with E-state index in [9.17, 15) is 4.79 Å². The number of ether oxygens (including phenoxy) is 1. The van der Waals surface area contributed by atoms with E-state index in [4.69, 9.17) is 4.43 Å². The number of esters is 1. The first kappa shape index (κ1) is 18.3. The molecule has 112 valence electrons. The van der Waals surface area contributed by atoms with Crippen molar-refractivity contribution in [2.75, 3.05) is 33.9 Å². The molecule has 0 rings (SSSR count). The third-order valence-corrected chi connectivity index (χ3v) is 8.15. The van der Waals surface area contributed by atoms with Gasteiger partial charge in [-0.15, -0.1) is 0 Å². The molecule has 0 aromatic carbocycles. The maximum Gasteiger partial charge on any atom is 0.330 e. The Hall–Kier alpha value is -0.653. The molecule has 19 heavy (non-hydrogen) atoms. The molecule has 0 saturated carbocycles. The monoisotopic (exact) mass is 287 g/mol. The van der Waals surface area contributed by atoms with Crippen LogP contribution >= 0.6 is 0 Å². The van der Waals surface area contributed by atoms with E-state index in [1.54, 1.807) is 6.08 Å². The zero-order chi connectivity index (χ0) is 15.1. The molecule has 0 aromatic heterocycles. The Balaban J connectivity index is 3.96. The first-order valence-corrected chi connectivity index (χ1v) is 9.58. The zero-order valence-electron chi connectivity index (χ0n) is 13.4. The predicted octanol–water partition coefficient (Wildman–Crippen LogP) is 2.67. The highest BCUT2D eigenvalue weighted by atomic mass is 28.4. The van der Waals surface area contributed by atoms with Crippen LogP contribution in [0.4, 0.5) is 0 Å². The Morgan fingerprint density at radius 3 is 2.37 bits per heavy atom. The fraction of sp³-hybridized carbons (Fsp3) is 0.786. The van der Waals surface area contributed by atoms with E-state index < -0.39 is 8.32 Å². The molecule has 0 N–H and O–H groups in total. The van der Waals surface area contributed by atoms with E-state index in [2.05, 4.69) is 43.5 Å². The van der Waals surface area contributed by atoms with Crippen molar-refractivity contribution in [2.45, 2.75) is 38.9 Å². The Morgan fingerprint density at radius 2 is 1.89 bits per heavy atom.